The highest BCUT2D eigenvalue weighted by Crippen LogP contribution is 2.40. The van der Waals surface area contributed by atoms with Crippen LogP contribution in [0.1, 0.15) is 55.5 Å². The minimum Gasteiger partial charge on any atom is -0.367 e. The Labute approximate surface area is 143 Å². The molecule has 2 aliphatic carbocycles. The van der Waals surface area contributed by atoms with E-state index in [2.05, 4.69) is 47.5 Å². The van der Waals surface area contributed by atoms with Crippen molar-refractivity contribution < 1.29 is 0 Å². The third kappa shape index (κ3) is 2.74. The molecule has 0 amide bonds. The first-order valence-electron chi connectivity index (χ1n) is 9.25. The van der Waals surface area contributed by atoms with Gasteiger partial charge in [0.05, 0.1) is 0 Å². The molecule has 2 fully saturated rings. The summed E-state index contributed by atoms with van der Waals surface area (Å²) in [7, 11) is 0. The van der Waals surface area contributed by atoms with Crippen LogP contribution in [-0.2, 0) is 13.0 Å². The summed E-state index contributed by atoms with van der Waals surface area (Å²) in [6, 6.07) is 12.1. The van der Waals surface area contributed by atoms with Gasteiger partial charge in [-0.1, -0.05) is 24.3 Å². The molecular weight excluding hydrogens is 296 g/mol. The molecule has 1 aliphatic heterocycles. The minimum absolute atomic E-state index is 0.468. The van der Waals surface area contributed by atoms with Crippen molar-refractivity contribution in [3.63, 3.8) is 0 Å². The van der Waals surface area contributed by atoms with Gasteiger partial charge in [-0.05, 0) is 50.2 Å². The normalized spacial score (nSPS) is 23.0. The number of hydrogen-bond donors (Lipinski definition) is 1. The van der Waals surface area contributed by atoms with Gasteiger partial charge >= 0.3 is 0 Å². The van der Waals surface area contributed by atoms with Gasteiger partial charge in [0.1, 0.15) is 17.5 Å². The fraction of sp³-hybridized carbons (Fsp3) is 0.500. The monoisotopic (exact) mass is 320 g/mol. The van der Waals surface area contributed by atoms with Gasteiger partial charge < -0.3 is 10.2 Å². The first kappa shape index (κ1) is 14.3. The Morgan fingerprint density at radius 2 is 1.83 bits per heavy atom. The topological polar surface area (TPSA) is 41.0 Å². The minimum atomic E-state index is 0.468. The second-order valence-electron chi connectivity index (χ2n) is 7.61. The van der Waals surface area contributed by atoms with E-state index in [0.717, 1.165) is 30.4 Å². The van der Waals surface area contributed by atoms with Crippen molar-refractivity contribution in [2.24, 2.45) is 0 Å². The van der Waals surface area contributed by atoms with Crippen molar-refractivity contribution in [2.45, 2.75) is 63.6 Å². The Morgan fingerprint density at radius 3 is 2.58 bits per heavy atom. The van der Waals surface area contributed by atoms with E-state index < -0.39 is 0 Å². The van der Waals surface area contributed by atoms with Gasteiger partial charge in [0.15, 0.2) is 0 Å². The molecule has 0 bridgehead atoms. The standard InChI is InChI=1S/C20H24N4/c1-13-10-15-4-2-3-5-16(15)12-24(13)19-11-18(21-17-8-9-17)22-20(23-19)14-6-7-14/h2-5,11,13-14,17H,6-10,12H2,1H3,(H,21,22,23)/t13-/m1/s1. The maximum atomic E-state index is 4.94. The van der Waals surface area contributed by atoms with Crippen LogP contribution in [-0.4, -0.2) is 22.1 Å². The Balaban J connectivity index is 1.49. The maximum Gasteiger partial charge on any atom is 0.136 e. The summed E-state index contributed by atoms with van der Waals surface area (Å²) in [6.07, 6.45) is 6.11. The van der Waals surface area contributed by atoms with Crippen molar-refractivity contribution in [2.75, 3.05) is 10.2 Å². The smallest absolute Gasteiger partial charge is 0.136 e. The van der Waals surface area contributed by atoms with Crippen molar-refractivity contribution >= 4 is 11.6 Å². The number of aromatic nitrogens is 2. The third-order valence-electron chi connectivity index (χ3n) is 5.40. The van der Waals surface area contributed by atoms with Gasteiger partial charge in [0, 0.05) is 30.6 Å². The molecule has 0 saturated heterocycles. The first-order valence-corrected chi connectivity index (χ1v) is 9.25. The van der Waals surface area contributed by atoms with E-state index in [1.54, 1.807) is 0 Å². The molecule has 2 aromatic rings. The summed E-state index contributed by atoms with van der Waals surface area (Å²) < 4.78 is 0. The summed E-state index contributed by atoms with van der Waals surface area (Å²) in [6.45, 7) is 3.25. The largest absolute Gasteiger partial charge is 0.367 e. The highest BCUT2D eigenvalue weighted by atomic mass is 15.2. The molecule has 0 radical (unpaired) electrons. The van der Waals surface area contributed by atoms with Crippen molar-refractivity contribution in [3.05, 3.63) is 47.3 Å². The Morgan fingerprint density at radius 1 is 1.04 bits per heavy atom. The van der Waals surface area contributed by atoms with E-state index >= 15 is 0 Å². The lowest BCUT2D eigenvalue weighted by atomic mass is 9.95. The molecule has 24 heavy (non-hydrogen) atoms. The fourth-order valence-corrected chi connectivity index (χ4v) is 3.62. The average molecular weight is 320 g/mol. The molecule has 3 aliphatic rings. The Kier molecular flexibility index (Phi) is 3.25. The third-order valence-corrected chi connectivity index (χ3v) is 5.40. The lowest BCUT2D eigenvalue weighted by Crippen LogP contribution is -2.39. The molecule has 1 atom stereocenters. The van der Waals surface area contributed by atoms with Crippen LogP contribution in [0.25, 0.3) is 0 Å². The predicted octanol–water partition coefficient (Wildman–Crippen LogP) is 3.88. The van der Waals surface area contributed by atoms with Crippen LogP contribution in [0, 0.1) is 0 Å². The van der Waals surface area contributed by atoms with Crippen LogP contribution in [0.3, 0.4) is 0 Å². The predicted molar refractivity (Wildman–Crippen MR) is 96.4 cm³/mol. The number of rotatable bonds is 4. The van der Waals surface area contributed by atoms with E-state index in [-0.39, 0.29) is 0 Å². The lowest BCUT2D eigenvalue weighted by molar-refractivity contribution is 0.585. The van der Waals surface area contributed by atoms with Gasteiger partial charge in [-0.3, -0.25) is 0 Å². The molecule has 4 nitrogen and oxygen atoms in total. The molecule has 1 aromatic heterocycles. The van der Waals surface area contributed by atoms with Crippen LogP contribution in [0.5, 0.6) is 0 Å². The molecule has 124 valence electrons. The van der Waals surface area contributed by atoms with E-state index in [4.69, 9.17) is 9.97 Å². The van der Waals surface area contributed by atoms with Crippen molar-refractivity contribution in [1.82, 2.24) is 9.97 Å². The molecule has 0 unspecified atom stereocenters. The van der Waals surface area contributed by atoms with Gasteiger partial charge in [-0.15, -0.1) is 0 Å². The van der Waals surface area contributed by atoms with E-state index in [0.29, 0.717) is 18.0 Å². The van der Waals surface area contributed by atoms with Gasteiger partial charge in [0.2, 0.25) is 0 Å². The van der Waals surface area contributed by atoms with E-state index in [9.17, 15) is 0 Å². The molecule has 0 spiro atoms. The zero-order valence-electron chi connectivity index (χ0n) is 14.2. The first-order chi connectivity index (χ1) is 11.8. The highest BCUT2D eigenvalue weighted by molar-refractivity contribution is 5.53. The highest BCUT2D eigenvalue weighted by Gasteiger charge is 2.31. The SMILES string of the molecule is C[C@@H]1Cc2ccccc2CN1c1cc(NC2CC2)nc(C2CC2)n1. The van der Waals surface area contributed by atoms with Gasteiger partial charge in [-0.25, -0.2) is 9.97 Å². The summed E-state index contributed by atoms with van der Waals surface area (Å²) in [5, 5.41) is 3.57. The molecule has 5 rings (SSSR count). The average Bonchev–Trinajstić information content (AvgIpc) is 3.47. The van der Waals surface area contributed by atoms with E-state index in [1.807, 2.05) is 0 Å². The van der Waals surface area contributed by atoms with Crippen LogP contribution < -0.4 is 10.2 Å². The molecule has 1 N–H and O–H groups in total. The lowest BCUT2D eigenvalue weighted by Gasteiger charge is -2.36. The Hall–Kier alpha value is -2.10. The van der Waals surface area contributed by atoms with E-state index in [1.165, 1.54) is 36.8 Å². The number of hydrogen-bond acceptors (Lipinski definition) is 4. The van der Waals surface area contributed by atoms with Crippen molar-refractivity contribution in [3.8, 4) is 0 Å². The zero-order chi connectivity index (χ0) is 16.1. The summed E-state index contributed by atoms with van der Waals surface area (Å²) in [4.78, 5) is 12.2. The van der Waals surface area contributed by atoms with Crippen LogP contribution >= 0.6 is 0 Å². The number of anilines is 2. The van der Waals surface area contributed by atoms with Crippen molar-refractivity contribution in [1.29, 1.82) is 0 Å². The number of fused-ring (bicyclic) bond motifs is 1. The number of nitrogens with zero attached hydrogens (tertiary/aromatic N) is 3. The molecule has 4 heteroatoms. The van der Waals surface area contributed by atoms with Crippen LogP contribution in [0.4, 0.5) is 11.6 Å². The van der Waals surface area contributed by atoms with Gasteiger partial charge in [0.25, 0.3) is 0 Å². The molecular formula is C20H24N4. The van der Waals surface area contributed by atoms with Crippen LogP contribution in [0.2, 0.25) is 0 Å². The number of benzene rings is 1. The molecule has 2 heterocycles. The quantitative estimate of drug-likeness (QED) is 0.928. The summed E-state index contributed by atoms with van der Waals surface area (Å²) in [5.74, 6) is 3.74. The molecule has 1 aromatic carbocycles. The second kappa shape index (κ2) is 5.47. The number of nitrogens with one attached hydrogen (secondary N) is 1. The Bertz CT molecular complexity index is 764. The van der Waals surface area contributed by atoms with Crippen LogP contribution in [0.15, 0.2) is 30.3 Å². The summed E-state index contributed by atoms with van der Waals surface area (Å²) >= 11 is 0. The zero-order valence-corrected chi connectivity index (χ0v) is 14.2. The second-order valence-corrected chi connectivity index (χ2v) is 7.61. The maximum absolute atomic E-state index is 4.94. The fourth-order valence-electron chi connectivity index (χ4n) is 3.62. The molecule has 2 saturated carbocycles. The summed E-state index contributed by atoms with van der Waals surface area (Å²) in [5.41, 5.74) is 2.91. The van der Waals surface area contributed by atoms with Gasteiger partial charge in [-0.2, -0.15) is 0 Å².